The van der Waals surface area contributed by atoms with Crippen molar-refractivity contribution < 1.29 is 14.0 Å². The third-order valence-corrected chi connectivity index (χ3v) is 5.25. The number of carbonyl (C=O) groups is 2. The fourth-order valence-corrected chi connectivity index (χ4v) is 3.62. The topological polar surface area (TPSA) is 93.0 Å². The minimum Gasteiger partial charge on any atom is -0.347 e. The quantitative estimate of drug-likeness (QED) is 0.657. The number of hydrogen-bond donors (Lipinski definition) is 1. The van der Waals surface area contributed by atoms with E-state index >= 15 is 0 Å². The van der Waals surface area contributed by atoms with E-state index in [2.05, 4.69) is 20.6 Å². The fourth-order valence-electron chi connectivity index (χ4n) is 3.62. The normalized spacial score (nSPS) is 18.2. The lowest BCUT2D eigenvalue weighted by atomic mass is 10.2. The minimum absolute atomic E-state index is 0.0243. The van der Waals surface area contributed by atoms with Gasteiger partial charge in [-0.2, -0.15) is 0 Å². The Balaban J connectivity index is 1.40. The molecular weight excluding hydrogens is 399 g/mol. The molecule has 1 saturated heterocycles. The number of aryl methyl sites for hydroxylation is 1. The monoisotopic (exact) mass is 422 g/mol. The van der Waals surface area contributed by atoms with Crippen molar-refractivity contribution in [1.82, 2.24) is 30.2 Å². The van der Waals surface area contributed by atoms with Crippen molar-refractivity contribution in [3.05, 3.63) is 77.4 Å². The summed E-state index contributed by atoms with van der Waals surface area (Å²) in [4.78, 5) is 30.9. The number of carbonyl (C=O) groups excluding carboxylic acids is 2. The maximum absolute atomic E-state index is 14.1. The Morgan fingerprint density at radius 3 is 2.74 bits per heavy atom. The largest absolute Gasteiger partial charge is 0.347 e. The van der Waals surface area contributed by atoms with E-state index in [0.29, 0.717) is 12.1 Å². The number of amides is 2. The van der Waals surface area contributed by atoms with Gasteiger partial charge in [-0.15, -0.1) is 5.10 Å². The molecule has 2 aromatic heterocycles. The number of nitrogens with one attached hydrogen (secondary N) is 1. The van der Waals surface area contributed by atoms with Crippen molar-refractivity contribution >= 4 is 11.8 Å². The molecule has 9 heteroatoms. The molecule has 3 heterocycles. The highest BCUT2D eigenvalue weighted by molar-refractivity contribution is 5.94. The zero-order valence-corrected chi connectivity index (χ0v) is 17.1. The van der Waals surface area contributed by atoms with Gasteiger partial charge in [0.25, 0.3) is 11.8 Å². The number of benzene rings is 1. The maximum atomic E-state index is 14.1. The number of alkyl halides is 1. The van der Waals surface area contributed by atoms with E-state index in [1.165, 1.54) is 22.0 Å². The molecule has 0 bridgehead atoms. The molecule has 0 saturated carbocycles. The van der Waals surface area contributed by atoms with E-state index in [0.717, 1.165) is 11.3 Å². The molecular formula is C22H23FN6O2. The molecule has 3 aromatic rings. The maximum Gasteiger partial charge on any atom is 0.273 e. The van der Waals surface area contributed by atoms with Gasteiger partial charge in [0, 0.05) is 24.9 Å². The summed E-state index contributed by atoms with van der Waals surface area (Å²) >= 11 is 0. The Labute approximate surface area is 179 Å². The molecule has 4 rings (SSSR count). The number of halogens is 1. The predicted octanol–water partition coefficient (Wildman–Crippen LogP) is 2.16. The molecule has 31 heavy (non-hydrogen) atoms. The number of hydrogen-bond acceptors (Lipinski definition) is 5. The summed E-state index contributed by atoms with van der Waals surface area (Å²) < 4.78 is 15.6. The first-order valence-corrected chi connectivity index (χ1v) is 10.1. The fraction of sp³-hybridized carbons (Fsp3) is 0.318. The zero-order valence-electron chi connectivity index (χ0n) is 17.1. The lowest BCUT2D eigenvalue weighted by molar-refractivity contribution is 0.0713. The van der Waals surface area contributed by atoms with Crippen molar-refractivity contribution in [3.8, 4) is 0 Å². The van der Waals surface area contributed by atoms with Gasteiger partial charge in [0.05, 0.1) is 30.9 Å². The third-order valence-electron chi connectivity index (χ3n) is 5.25. The predicted molar refractivity (Wildman–Crippen MR) is 111 cm³/mol. The molecule has 1 aliphatic rings. The minimum atomic E-state index is -1.11. The molecule has 0 spiro atoms. The van der Waals surface area contributed by atoms with Crippen LogP contribution in [0.3, 0.4) is 0 Å². The first-order chi connectivity index (χ1) is 15.0. The van der Waals surface area contributed by atoms with Crippen LogP contribution in [0, 0.1) is 6.92 Å². The molecule has 1 N–H and O–H groups in total. The van der Waals surface area contributed by atoms with E-state index in [-0.39, 0.29) is 43.1 Å². The highest BCUT2D eigenvalue weighted by atomic mass is 19.1. The smallest absolute Gasteiger partial charge is 0.273 e. The van der Waals surface area contributed by atoms with Gasteiger partial charge in [-0.1, -0.05) is 35.5 Å². The second-order valence-electron chi connectivity index (χ2n) is 7.63. The molecule has 2 amide bonds. The summed E-state index contributed by atoms with van der Waals surface area (Å²) in [5, 5.41) is 10.7. The molecule has 8 nitrogen and oxygen atoms in total. The SMILES string of the molecule is Cc1ccc(C(=O)N2C[C@@H](F)C[C@H]2Cn2cc(C(=O)NCc3ccccc3)nn2)cn1. The van der Waals surface area contributed by atoms with E-state index in [1.54, 1.807) is 12.1 Å². The standard InChI is InChI=1S/C22H23FN6O2/c1-15-7-8-17(11-24-15)22(31)29-12-18(23)9-19(29)13-28-14-20(26-27-28)21(30)25-10-16-5-3-2-4-6-16/h2-8,11,14,18-19H,9-10,12-13H2,1H3,(H,25,30)/t18-,19-/m0/s1. The van der Waals surface area contributed by atoms with Gasteiger partial charge in [0.1, 0.15) is 6.17 Å². The average Bonchev–Trinajstić information content (AvgIpc) is 3.39. The van der Waals surface area contributed by atoms with Crippen LogP contribution in [0.1, 0.15) is 38.5 Å². The van der Waals surface area contributed by atoms with Gasteiger partial charge < -0.3 is 10.2 Å². The highest BCUT2D eigenvalue weighted by Crippen LogP contribution is 2.24. The van der Waals surface area contributed by atoms with Gasteiger partial charge in [-0.25, -0.2) is 9.07 Å². The summed E-state index contributed by atoms with van der Waals surface area (Å²) in [6, 6.07) is 12.6. The van der Waals surface area contributed by atoms with Crippen LogP contribution < -0.4 is 5.32 Å². The van der Waals surface area contributed by atoms with Gasteiger partial charge in [-0.05, 0) is 24.6 Å². The number of pyridine rings is 1. The average molecular weight is 422 g/mol. The Bertz CT molecular complexity index is 1050. The summed E-state index contributed by atoms with van der Waals surface area (Å²) in [5.74, 6) is -0.609. The summed E-state index contributed by atoms with van der Waals surface area (Å²) in [6.45, 7) is 2.50. The Kier molecular flexibility index (Phi) is 6.01. The summed E-state index contributed by atoms with van der Waals surface area (Å²) in [6.07, 6.45) is 2.12. The van der Waals surface area contributed by atoms with Crippen molar-refractivity contribution in [2.75, 3.05) is 6.54 Å². The van der Waals surface area contributed by atoms with Crippen LogP contribution in [0.4, 0.5) is 4.39 Å². The van der Waals surface area contributed by atoms with Gasteiger partial charge in [0.15, 0.2) is 5.69 Å². The number of nitrogens with zero attached hydrogens (tertiary/aromatic N) is 5. The van der Waals surface area contributed by atoms with Crippen molar-refractivity contribution in [1.29, 1.82) is 0 Å². The lowest BCUT2D eigenvalue weighted by Crippen LogP contribution is -2.38. The van der Waals surface area contributed by atoms with Crippen molar-refractivity contribution in [2.24, 2.45) is 0 Å². The second kappa shape index (κ2) is 9.03. The zero-order chi connectivity index (χ0) is 21.8. The van der Waals surface area contributed by atoms with Gasteiger partial charge >= 0.3 is 0 Å². The molecule has 1 fully saturated rings. The van der Waals surface area contributed by atoms with Gasteiger partial charge in [-0.3, -0.25) is 14.6 Å². The van der Waals surface area contributed by atoms with E-state index in [9.17, 15) is 14.0 Å². The summed E-state index contributed by atoms with van der Waals surface area (Å²) in [5.41, 5.74) is 2.37. The van der Waals surface area contributed by atoms with E-state index < -0.39 is 6.17 Å². The van der Waals surface area contributed by atoms with Gasteiger partial charge in [0.2, 0.25) is 0 Å². The Morgan fingerprint density at radius 1 is 1.19 bits per heavy atom. The Morgan fingerprint density at radius 2 is 2.00 bits per heavy atom. The van der Waals surface area contributed by atoms with Crippen LogP contribution in [0.25, 0.3) is 0 Å². The van der Waals surface area contributed by atoms with Crippen LogP contribution in [0.2, 0.25) is 0 Å². The van der Waals surface area contributed by atoms with Crippen LogP contribution in [-0.2, 0) is 13.1 Å². The Hall–Kier alpha value is -3.62. The lowest BCUT2D eigenvalue weighted by Gasteiger charge is -2.24. The molecule has 1 aliphatic heterocycles. The molecule has 160 valence electrons. The van der Waals surface area contributed by atoms with E-state index in [4.69, 9.17) is 0 Å². The molecule has 0 radical (unpaired) electrons. The highest BCUT2D eigenvalue weighted by Gasteiger charge is 2.36. The van der Waals surface area contributed by atoms with Crippen LogP contribution >= 0.6 is 0 Å². The van der Waals surface area contributed by atoms with Crippen molar-refractivity contribution in [2.45, 2.75) is 38.6 Å². The third kappa shape index (κ3) is 4.93. The van der Waals surface area contributed by atoms with Crippen LogP contribution in [0.5, 0.6) is 0 Å². The van der Waals surface area contributed by atoms with Crippen LogP contribution in [0.15, 0.2) is 54.9 Å². The molecule has 1 aromatic carbocycles. The summed E-state index contributed by atoms with van der Waals surface area (Å²) in [7, 11) is 0. The second-order valence-corrected chi connectivity index (χ2v) is 7.63. The number of rotatable bonds is 6. The molecule has 0 aliphatic carbocycles. The van der Waals surface area contributed by atoms with Crippen LogP contribution in [-0.4, -0.2) is 55.5 Å². The molecule has 0 unspecified atom stereocenters. The first kappa shape index (κ1) is 20.6. The number of likely N-dealkylation sites (tertiary alicyclic amines) is 1. The van der Waals surface area contributed by atoms with Crippen molar-refractivity contribution in [3.63, 3.8) is 0 Å². The first-order valence-electron chi connectivity index (χ1n) is 10.1. The van der Waals surface area contributed by atoms with E-state index in [1.807, 2.05) is 37.3 Å². The number of aromatic nitrogens is 4. The molecule has 2 atom stereocenters.